The van der Waals surface area contributed by atoms with Crippen molar-refractivity contribution >= 4 is 11.6 Å². The number of aliphatic hydroxyl groups is 2. The van der Waals surface area contributed by atoms with Gasteiger partial charge in [0, 0.05) is 5.02 Å². The number of alkyl halides is 3. The monoisotopic (exact) mass is 255 g/mol. The van der Waals surface area contributed by atoms with Gasteiger partial charge in [0.05, 0.1) is 0 Å². The zero-order valence-electron chi connectivity index (χ0n) is 7.87. The molecule has 2 unspecified atom stereocenters. The van der Waals surface area contributed by atoms with Crippen molar-refractivity contribution in [3.63, 3.8) is 0 Å². The minimum Gasteiger partial charge on any atom is -0.374 e. The topological polar surface area (TPSA) is 52.5 Å². The van der Waals surface area contributed by atoms with Crippen LogP contribution < -0.4 is 5.32 Å². The minimum absolute atomic E-state index is 0.174. The van der Waals surface area contributed by atoms with Gasteiger partial charge >= 0.3 is 6.18 Å². The summed E-state index contributed by atoms with van der Waals surface area (Å²) in [6.45, 7) is 0. The summed E-state index contributed by atoms with van der Waals surface area (Å²) in [5.41, 5.74) is 0.174. The zero-order valence-corrected chi connectivity index (χ0v) is 8.63. The first-order valence-electron chi connectivity index (χ1n) is 4.25. The number of hydrogen-bond acceptors (Lipinski definition) is 3. The van der Waals surface area contributed by atoms with E-state index in [1.54, 1.807) is 5.32 Å². The molecule has 0 fully saturated rings. The Morgan fingerprint density at radius 1 is 1.12 bits per heavy atom. The molecule has 0 spiro atoms. The summed E-state index contributed by atoms with van der Waals surface area (Å²) in [6.07, 6.45) is -9.22. The van der Waals surface area contributed by atoms with Gasteiger partial charge in [0.25, 0.3) is 0 Å². The third kappa shape index (κ3) is 3.64. The predicted molar refractivity (Wildman–Crippen MR) is 51.6 cm³/mol. The lowest BCUT2D eigenvalue weighted by Gasteiger charge is -2.20. The molecule has 0 aliphatic heterocycles. The molecule has 1 aromatic carbocycles. The van der Waals surface area contributed by atoms with Crippen molar-refractivity contribution in [2.75, 3.05) is 0 Å². The van der Waals surface area contributed by atoms with Crippen molar-refractivity contribution < 1.29 is 23.4 Å². The van der Waals surface area contributed by atoms with Gasteiger partial charge in [-0.15, -0.1) is 0 Å². The van der Waals surface area contributed by atoms with Crippen molar-refractivity contribution in [1.82, 2.24) is 5.32 Å². The second-order valence-electron chi connectivity index (χ2n) is 3.06. The first-order chi connectivity index (χ1) is 7.30. The second-order valence-corrected chi connectivity index (χ2v) is 3.50. The third-order valence-electron chi connectivity index (χ3n) is 1.81. The summed E-state index contributed by atoms with van der Waals surface area (Å²) in [5.74, 6) is 0. The van der Waals surface area contributed by atoms with Crippen LogP contribution in [0, 0.1) is 0 Å². The molecule has 2 atom stereocenters. The lowest BCUT2D eigenvalue weighted by atomic mass is 10.2. The van der Waals surface area contributed by atoms with E-state index >= 15 is 0 Å². The average Bonchev–Trinajstić information content (AvgIpc) is 2.17. The molecule has 0 amide bonds. The predicted octanol–water partition coefficient (Wildman–Crippen LogP) is 1.80. The summed E-state index contributed by atoms with van der Waals surface area (Å²) in [6, 6.07) is 5.54. The molecule has 0 radical (unpaired) electrons. The fourth-order valence-corrected chi connectivity index (χ4v) is 1.11. The van der Waals surface area contributed by atoms with Crippen LogP contribution in [0.1, 0.15) is 11.8 Å². The highest BCUT2D eigenvalue weighted by Gasteiger charge is 2.39. The third-order valence-corrected chi connectivity index (χ3v) is 2.06. The van der Waals surface area contributed by atoms with Crippen molar-refractivity contribution in [2.45, 2.75) is 18.6 Å². The Morgan fingerprint density at radius 3 is 2.06 bits per heavy atom. The van der Waals surface area contributed by atoms with Gasteiger partial charge in [-0.2, -0.15) is 13.2 Å². The highest BCUT2D eigenvalue weighted by atomic mass is 35.5. The molecule has 0 saturated carbocycles. The summed E-state index contributed by atoms with van der Waals surface area (Å²) in [5, 5.41) is 20.0. The Hall–Kier alpha value is -0.820. The van der Waals surface area contributed by atoms with Gasteiger partial charge in [-0.3, -0.25) is 5.32 Å². The molecule has 1 rings (SSSR count). The fourth-order valence-electron chi connectivity index (χ4n) is 0.985. The van der Waals surface area contributed by atoms with Gasteiger partial charge in [-0.05, 0) is 17.7 Å². The number of hydrogen-bond donors (Lipinski definition) is 3. The molecule has 7 heteroatoms. The van der Waals surface area contributed by atoms with E-state index in [4.69, 9.17) is 16.7 Å². The van der Waals surface area contributed by atoms with Gasteiger partial charge in [-0.1, -0.05) is 23.7 Å². The van der Waals surface area contributed by atoms with Gasteiger partial charge < -0.3 is 10.2 Å². The maximum Gasteiger partial charge on any atom is 0.428 e. The highest BCUT2D eigenvalue weighted by Crippen LogP contribution is 2.21. The molecular weight excluding hydrogens is 247 g/mol. The van der Waals surface area contributed by atoms with E-state index < -0.39 is 18.6 Å². The molecule has 0 heterocycles. The number of aliphatic hydroxyl groups excluding tert-OH is 2. The number of benzene rings is 1. The Morgan fingerprint density at radius 2 is 1.62 bits per heavy atom. The van der Waals surface area contributed by atoms with E-state index in [1.165, 1.54) is 24.3 Å². The Balaban J connectivity index is 2.65. The Bertz CT molecular complexity index is 342. The molecule has 0 aromatic heterocycles. The van der Waals surface area contributed by atoms with Gasteiger partial charge in [0.1, 0.15) is 6.23 Å². The summed E-state index contributed by atoms with van der Waals surface area (Å²) < 4.78 is 35.8. The lowest BCUT2D eigenvalue weighted by Crippen LogP contribution is -2.43. The molecule has 0 aliphatic rings. The molecule has 16 heavy (non-hydrogen) atoms. The molecule has 0 bridgehead atoms. The maximum atomic E-state index is 11.9. The van der Waals surface area contributed by atoms with Crippen LogP contribution in [-0.4, -0.2) is 22.6 Å². The minimum atomic E-state index is -4.83. The van der Waals surface area contributed by atoms with Crippen molar-refractivity contribution in [3.05, 3.63) is 34.9 Å². The van der Waals surface area contributed by atoms with Crippen LogP contribution in [0.5, 0.6) is 0 Å². The SMILES string of the molecule is OC(NC(O)C(F)(F)F)c1ccc(Cl)cc1. The van der Waals surface area contributed by atoms with Gasteiger partial charge in [-0.25, -0.2) is 0 Å². The van der Waals surface area contributed by atoms with E-state index in [9.17, 15) is 18.3 Å². The number of rotatable bonds is 3. The van der Waals surface area contributed by atoms with E-state index in [0.717, 1.165) is 0 Å². The van der Waals surface area contributed by atoms with E-state index in [1.807, 2.05) is 0 Å². The van der Waals surface area contributed by atoms with Crippen molar-refractivity contribution in [1.29, 1.82) is 0 Å². The largest absolute Gasteiger partial charge is 0.428 e. The van der Waals surface area contributed by atoms with Crippen LogP contribution >= 0.6 is 11.6 Å². The van der Waals surface area contributed by atoms with Crippen LogP contribution in [-0.2, 0) is 0 Å². The first kappa shape index (κ1) is 13.2. The maximum absolute atomic E-state index is 11.9. The standard InChI is InChI=1S/C9H9ClF3NO2/c10-6-3-1-5(2-4-6)7(15)14-8(16)9(11,12)13/h1-4,7-8,14-16H. The van der Waals surface area contributed by atoms with Crippen molar-refractivity contribution in [2.24, 2.45) is 0 Å². The van der Waals surface area contributed by atoms with Crippen LogP contribution in [0.4, 0.5) is 13.2 Å². The zero-order chi connectivity index (χ0) is 12.3. The Labute approximate surface area is 94.5 Å². The highest BCUT2D eigenvalue weighted by molar-refractivity contribution is 6.30. The molecule has 3 N–H and O–H groups in total. The van der Waals surface area contributed by atoms with Gasteiger partial charge in [0.2, 0.25) is 6.23 Å². The lowest BCUT2D eigenvalue weighted by molar-refractivity contribution is -0.222. The quantitative estimate of drug-likeness (QED) is 0.722. The van der Waals surface area contributed by atoms with Crippen LogP contribution in [0.15, 0.2) is 24.3 Å². The summed E-state index contributed by atoms with van der Waals surface area (Å²) >= 11 is 5.56. The average molecular weight is 256 g/mol. The van der Waals surface area contributed by atoms with E-state index in [-0.39, 0.29) is 5.56 Å². The molecule has 90 valence electrons. The normalized spacial score (nSPS) is 15.9. The summed E-state index contributed by atoms with van der Waals surface area (Å²) in [4.78, 5) is 0. The second kappa shape index (κ2) is 5.01. The molecule has 0 aliphatic carbocycles. The fraction of sp³-hybridized carbons (Fsp3) is 0.333. The molecule has 3 nitrogen and oxygen atoms in total. The smallest absolute Gasteiger partial charge is 0.374 e. The van der Waals surface area contributed by atoms with Crippen LogP contribution in [0.3, 0.4) is 0 Å². The number of halogens is 4. The first-order valence-corrected chi connectivity index (χ1v) is 4.63. The van der Waals surface area contributed by atoms with E-state index in [0.29, 0.717) is 5.02 Å². The Kier molecular flexibility index (Phi) is 4.15. The van der Waals surface area contributed by atoms with E-state index in [2.05, 4.69) is 0 Å². The molecule has 1 aromatic rings. The van der Waals surface area contributed by atoms with Crippen LogP contribution in [0.25, 0.3) is 0 Å². The van der Waals surface area contributed by atoms with Crippen molar-refractivity contribution in [3.8, 4) is 0 Å². The molecule has 0 saturated heterocycles. The summed E-state index contributed by atoms with van der Waals surface area (Å²) in [7, 11) is 0. The van der Waals surface area contributed by atoms with Gasteiger partial charge in [0.15, 0.2) is 0 Å². The molecular formula is C9H9ClF3NO2. The number of nitrogens with one attached hydrogen (secondary N) is 1. The van der Waals surface area contributed by atoms with Crippen LogP contribution in [0.2, 0.25) is 5.02 Å².